The zero-order valence-electron chi connectivity index (χ0n) is 11.0. The summed E-state index contributed by atoms with van der Waals surface area (Å²) in [6.07, 6.45) is 3.43. The van der Waals surface area contributed by atoms with Gasteiger partial charge in [0.05, 0.1) is 5.52 Å². The van der Waals surface area contributed by atoms with E-state index in [9.17, 15) is 8.42 Å². The number of nitrogens with one attached hydrogen (secondary N) is 1. The van der Waals surface area contributed by atoms with Gasteiger partial charge < -0.3 is 0 Å². The van der Waals surface area contributed by atoms with Crippen molar-refractivity contribution in [2.24, 2.45) is 0 Å². The molecular weight excluding hydrogens is 260 g/mol. The number of pyridine rings is 1. The van der Waals surface area contributed by atoms with Crippen LogP contribution in [0.2, 0.25) is 0 Å². The number of hydrogen-bond donors (Lipinski definition) is 1. The molecule has 0 aliphatic heterocycles. The molecule has 0 saturated heterocycles. The Morgan fingerprint density at radius 2 is 2.00 bits per heavy atom. The fourth-order valence-electron chi connectivity index (χ4n) is 2.17. The third kappa shape index (κ3) is 2.24. The zero-order valence-corrected chi connectivity index (χ0v) is 11.8. The van der Waals surface area contributed by atoms with Gasteiger partial charge >= 0.3 is 0 Å². The fourth-order valence-corrected chi connectivity index (χ4v) is 3.81. The lowest BCUT2D eigenvalue weighted by Crippen LogP contribution is -2.34. The number of para-hydroxylation sites is 1. The van der Waals surface area contributed by atoms with Gasteiger partial charge in [-0.05, 0) is 44.4 Å². The van der Waals surface area contributed by atoms with Gasteiger partial charge in [-0.3, -0.25) is 4.98 Å². The lowest BCUT2D eigenvalue weighted by Gasteiger charge is -2.13. The predicted octanol–water partition coefficient (Wildman–Crippen LogP) is 2.37. The maximum absolute atomic E-state index is 12.5. The van der Waals surface area contributed by atoms with Crippen molar-refractivity contribution in [1.82, 2.24) is 9.71 Å². The van der Waals surface area contributed by atoms with Gasteiger partial charge in [0, 0.05) is 17.1 Å². The topological polar surface area (TPSA) is 59.1 Å². The Balaban J connectivity index is 2.17. The molecule has 100 valence electrons. The highest BCUT2D eigenvalue weighted by Gasteiger charge is 2.41. The first-order valence-corrected chi connectivity index (χ1v) is 7.78. The van der Waals surface area contributed by atoms with E-state index in [1.807, 2.05) is 26.0 Å². The van der Waals surface area contributed by atoms with E-state index in [-0.39, 0.29) is 10.4 Å². The molecule has 4 nitrogen and oxygen atoms in total. The molecule has 19 heavy (non-hydrogen) atoms. The van der Waals surface area contributed by atoms with Gasteiger partial charge in [0.2, 0.25) is 10.0 Å². The standard InChI is InChI=1S/C14H16N2O2S/c1-10-6-9-15-13-11(10)4-3-5-12(13)19(17,18)16-14(2)7-8-14/h3-6,9,16H,7-8H2,1-2H3. The largest absolute Gasteiger partial charge is 0.255 e. The first kappa shape index (κ1) is 12.6. The molecule has 0 bridgehead atoms. The van der Waals surface area contributed by atoms with Crippen LogP contribution in [0.4, 0.5) is 0 Å². The molecule has 1 heterocycles. The number of rotatable bonds is 3. The van der Waals surface area contributed by atoms with Crippen LogP contribution in [-0.2, 0) is 10.0 Å². The van der Waals surface area contributed by atoms with E-state index in [1.54, 1.807) is 18.3 Å². The maximum atomic E-state index is 12.5. The SMILES string of the molecule is Cc1ccnc2c(S(=O)(=O)NC3(C)CC3)cccc12. The molecule has 0 atom stereocenters. The normalized spacial score (nSPS) is 17.6. The number of aryl methyl sites for hydroxylation is 1. The molecule has 2 aromatic rings. The Bertz CT molecular complexity index is 749. The van der Waals surface area contributed by atoms with E-state index >= 15 is 0 Å². The van der Waals surface area contributed by atoms with Crippen LogP contribution in [0, 0.1) is 6.92 Å². The average Bonchev–Trinajstić information content (AvgIpc) is 3.05. The third-order valence-electron chi connectivity index (χ3n) is 3.62. The van der Waals surface area contributed by atoms with Crippen molar-refractivity contribution in [2.75, 3.05) is 0 Å². The summed E-state index contributed by atoms with van der Waals surface area (Å²) >= 11 is 0. The van der Waals surface area contributed by atoms with Crippen molar-refractivity contribution in [3.05, 3.63) is 36.0 Å². The van der Waals surface area contributed by atoms with Crippen LogP contribution >= 0.6 is 0 Å². The quantitative estimate of drug-likeness (QED) is 0.936. The van der Waals surface area contributed by atoms with Crippen LogP contribution in [0.15, 0.2) is 35.4 Å². The lowest BCUT2D eigenvalue weighted by molar-refractivity contribution is 0.559. The lowest BCUT2D eigenvalue weighted by atomic mass is 10.1. The summed E-state index contributed by atoms with van der Waals surface area (Å²) in [7, 11) is -3.51. The highest BCUT2D eigenvalue weighted by Crippen LogP contribution is 2.36. The minimum absolute atomic E-state index is 0.266. The molecule has 0 spiro atoms. The summed E-state index contributed by atoms with van der Waals surface area (Å²) in [4.78, 5) is 4.51. The second-order valence-electron chi connectivity index (χ2n) is 5.45. The number of fused-ring (bicyclic) bond motifs is 1. The number of hydrogen-bond acceptors (Lipinski definition) is 3. The molecule has 1 N–H and O–H groups in total. The van der Waals surface area contributed by atoms with Gasteiger partial charge in [0.15, 0.2) is 0 Å². The summed E-state index contributed by atoms with van der Waals surface area (Å²) in [6, 6.07) is 7.16. The second-order valence-corrected chi connectivity index (χ2v) is 7.10. The maximum Gasteiger partial charge on any atom is 0.243 e. The molecule has 1 aromatic carbocycles. The monoisotopic (exact) mass is 276 g/mol. The Morgan fingerprint density at radius 1 is 1.26 bits per heavy atom. The molecule has 1 aliphatic carbocycles. The third-order valence-corrected chi connectivity index (χ3v) is 5.29. The summed E-state index contributed by atoms with van der Waals surface area (Å²) in [6.45, 7) is 3.88. The first-order valence-electron chi connectivity index (χ1n) is 6.30. The van der Waals surface area contributed by atoms with Crippen molar-refractivity contribution in [1.29, 1.82) is 0 Å². The van der Waals surface area contributed by atoms with E-state index in [0.717, 1.165) is 23.8 Å². The second kappa shape index (κ2) is 4.02. The van der Waals surface area contributed by atoms with Crippen LogP contribution in [0.1, 0.15) is 25.3 Å². The Kier molecular flexibility index (Phi) is 2.66. The summed E-state index contributed by atoms with van der Waals surface area (Å²) in [5.74, 6) is 0. The van der Waals surface area contributed by atoms with Crippen molar-refractivity contribution in [2.45, 2.75) is 37.1 Å². The highest BCUT2D eigenvalue weighted by atomic mass is 32.2. The molecule has 5 heteroatoms. The summed E-state index contributed by atoms with van der Waals surface area (Å²) < 4.78 is 27.7. The van der Waals surface area contributed by atoms with E-state index in [1.165, 1.54) is 0 Å². The van der Waals surface area contributed by atoms with Crippen molar-refractivity contribution in [3.8, 4) is 0 Å². The van der Waals surface area contributed by atoms with Gasteiger partial charge in [-0.25, -0.2) is 13.1 Å². The number of sulfonamides is 1. The Morgan fingerprint density at radius 3 is 2.68 bits per heavy atom. The van der Waals surface area contributed by atoms with Gasteiger partial charge in [-0.2, -0.15) is 0 Å². The van der Waals surface area contributed by atoms with Gasteiger partial charge in [-0.1, -0.05) is 12.1 Å². The van der Waals surface area contributed by atoms with Crippen molar-refractivity contribution in [3.63, 3.8) is 0 Å². The average molecular weight is 276 g/mol. The smallest absolute Gasteiger partial charge is 0.243 e. The molecule has 0 radical (unpaired) electrons. The zero-order chi connectivity index (χ0) is 13.7. The molecular formula is C14H16N2O2S. The Hall–Kier alpha value is -1.46. The molecule has 1 fully saturated rings. The fraction of sp³-hybridized carbons (Fsp3) is 0.357. The van der Waals surface area contributed by atoms with Crippen LogP contribution in [0.25, 0.3) is 10.9 Å². The molecule has 1 aliphatic rings. The summed E-state index contributed by atoms with van der Waals surface area (Å²) in [5.41, 5.74) is 1.30. The van der Waals surface area contributed by atoms with Gasteiger partial charge in [-0.15, -0.1) is 0 Å². The van der Waals surface area contributed by atoms with Crippen LogP contribution in [0.3, 0.4) is 0 Å². The van der Waals surface area contributed by atoms with Crippen molar-refractivity contribution >= 4 is 20.9 Å². The molecule has 0 unspecified atom stereocenters. The minimum atomic E-state index is -3.51. The molecule has 1 aromatic heterocycles. The van der Waals surface area contributed by atoms with Gasteiger partial charge in [0.1, 0.15) is 4.90 Å². The van der Waals surface area contributed by atoms with Crippen LogP contribution < -0.4 is 4.72 Å². The molecule has 0 amide bonds. The van der Waals surface area contributed by atoms with Crippen LogP contribution in [-0.4, -0.2) is 18.9 Å². The van der Waals surface area contributed by atoms with E-state index in [0.29, 0.717) is 5.52 Å². The van der Waals surface area contributed by atoms with Crippen molar-refractivity contribution < 1.29 is 8.42 Å². The van der Waals surface area contributed by atoms with E-state index in [2.05, 4.69) is 9.71 Å². The first-order chi connectivity index (χ1) is 8.91. The highest BCUT2D eigenvalue weighted by molar-refractivity contribution is 7.89. The van der Waals surface area contributed by atoms with E-state index < -0.39 is 10.0 Å². The Labute approximate surface area is 112 Å². The molecule has 3 rings (SSSR count). The predicted molar refractivity (Wildman–Crippen MR) is 74.4 cm³/mol. The van der Waals surface area contributed by atoms with Crippen LogP contribution in [0.5, 0.6) is 0 Å². The minimum Gasteiger partial charge on any atom is -0.255 e. The van der Waals surface area contributed by atoms with E-state index in [4.69, 9.17) is 0 Å². The molecule has 1 saturated carbocycles. The van der Waals surface area contributed by atoms with Gasteiger partial charge in [0.25, 0.3) is 0 Å². The number of aromatic nitrogens is 1. The number of nitrogens with zero attached hydrogens (tertiary/aromatic N) is 1. The summed E-state index contributed by atoms with van der Waals surface area (Å²) in [5, 5.41) is 0.881. The number of benzene rings is 1.